The first kappa shape index (κ1) is 15.3. The Kier molecular flexibility index (Phi) is 2.97. The minimum absolute atomic E-state index is 0.215. The fraction of sp³-hybridized carbons (Fsp3) is 0.286. The number of aliphatic carboxylic acids is 1. The number of carboxylic acid groups (broad SMARTS) is 1. The molecule has 1 heterocycles. The van der Waals surface area contributed by atoms with Gasteiger partial charge in [-0.25, -0.2) is 0 Å². The minimum atomic E-state index is -1.41. The summed E-state index contributed by atoms with van der Waals surface area (Å²) in [5.41, 5.74) is 4.28. The van der Waals surface area contributed by atoms with Gasteiger partial charge in [-0.1, -0.05) is 48.5 Å². The van der Waals surface area contributed by atoms with Gasteiger partial charge in [0.05, 0.1) is 23.8 Å². The Hall–Kier alpha value is -2.95. The summed E-state index contributed by atoms with van der Waals surface area (Å²) in [4.78, 5) is 38.5. The van der Waals surface area contributed by atoms with Gasteiger partial charge in [0.1, 0.15) is 0 Å². The number of nitrogens with zero attached hydrogens (tertiary/aromatic N) is 1. The van der Waals surface area contributed by atoms with Crippen molar-refractivity contribution in [2.45, 2.75) is 24.8 Å². The van der Waals surface area contributed by atoms with Gasteiger partial charge in [-0.2, -0.15) is 0 Å². The smallest absolute Gasteiger partial charge is 0.234 e. The van der Waals surface area contributed by atoms with Crippen LogP contribution in [0.5, 0.6) is 0 Å². The monoisotopic (exact) mass is 346 g/mol. The van der Waals surface area contributed by atoms with Crippen molar-refractivity contribution in [3.05, 3.63) is 70.8 Å². The molecule has 0 aromatic heterocycles. The molecule has 3 unspecified atom stereocenters. The van der Waals surface area contributed by atoms with Crippen LogP contribution in [-0.4, -0.2) is 28.7 Å². The molecule has 2 aromatic rings. The summed E-state index contributed by atoms with van der Waals surface area (Å²) in [6.45, 7) is 1.34. The number of carbonyl (C=O) groups is 3. The van der Waals surface area contributed by atoms with E-state index in [0.29, 0.717) is 0 Å². The molecule has 4 aliphatic rings. The van der Waals surface area contributed by atoms with Crippen LogP contribution in [-0.2, 0) is 14.4 Å². The van der Waals surface area contributed by atoms with Gasteiger partial charge in [-0.05, 0) is 29.2 Å². The zero-order valence-electron chi connectivity index (χ0n) is 14.1. The molecule has 3 aliphatic carbocycles. The second kappa shape index (κ2) is 5.04. The van der Waals surface area contributed by atoms with E-state index in [9.17, 15) is 19.5 Å². The Morgan fingerprint density at radius 2 is 1.19 bits per heavy atom. The van der Waals surface area contributed by atoms with Crippen LogP contribution in [0.25, 0.3) is 0 Å². The molecule has 0 spiro atoms. The third kappa shape index (κ3) is 1.68. The summed E-state index contributed by atoms with van der Waals surface area (Å²) in [7, 11) is 0. The lowest BCUT2D eigenvalue weighted by atomic mass is 9.55. The van der Waals surface area contributed by atoms with Crippen molar-refractivity contribution in [2.24, 2.45) is 11.8 Å². The molecule has 130 valence electrons. The van der Waals surface area contributed by atoms with E-state index in [0.717, 1.165) is 27.2 Å². The number of hydrogen-bond donors (Lipinski definition) is 0. The Balaban J connectivity index is 1.74. The minimum Gasteiger partial charge on any atom is -0.548 e. The molecule has 0 saturated carbocycles. The van der Waals surface area contributed by atoms with Crippen LogP contribution < -0.4 is 5.11 Å². The number of carbonyl (C=O) groups excluding carboxylic acids is 3. The number of amides is 2. The number of benzene rings is 2. The maximum Gasteiger partial charge on any atom is 0.234 e. The van der Waals surface area contributed by atoms with E-state index in [2.05, 4.69) is 0 Å². The lowest BCUT2D eigenvalue weighted by Gasteiger charge is -2.45. The largest absolute Gasteiger partial charge is 0.548 e. The molecule has 2 amide bonds. The van der Waals surface area contributed by atoms with Crippen LogP contribution in [0.2, 0.25) is 0 Å². The molecular formula is C21H16NO4-. The zero-order chi connectivity index (χ0) is 18.2. The lowest BCUT2D eigenvalue weighted by Crippen LogP contribution is -2.49. The average molecular weight is 346 g/mol. The molecule has 1 saturated heterocycles. The molecule has 1 fully saturated rings. The topological polar surface area (TPSA) is 77.5 Å². The molecule has 26 heavy (non-hydrogen) atoms. The van der Waals surface area contributed by atoms with E-state index in [4.69, 9.17) is 0 Å². The van der Waals surface area contributed by atoms with Crippen LogP contribution in [0.3, 0.4) is 0 Å². The molecule has 0 N–H and O–H groups in total. The van der Waals surface area contributed by atoms with Crippen molar-refractivity contribution in [2.75, 3.05) is 0 Å². The Labute approximate surface area is 150 Å². The standard InChI is InChI=1S/C21H17NO4/c1-10(21(25)26)22-19(23)17-15-11-6-2-3-7-12(11)16(18(17)20(22)24)14-9-5-4-8-13(14)15/h2-10,15-18H,1H3,(H,25,26)/p-1. The molecule has 3 atom stereocenters. The van der Waals surface area contributed by atoms with Crippen LogP contribution in [0.4, 0.5) is 0 Å². The Bertz CT molecular complexity index is 866. The highest BCUT2D eigenvalue weighted by molar-refractivity contribution is 6.09. The summed E-state index contributed by atoms with van der Waals surface area (Å²) in [5, 5.41) is 11.3. The lowest BCUT2D eigenvalue weighted by molar-refractivity contribution is -0.310. The third-order valence-electron chi connectivity index (χ3n) is 6.21. The Morgan fingerprint density at radius 3 is 1.50 bits per heavy atom. The van der Waals surface area contributed by atoms with E-state index in [1.807, 2.05) is 48.5 Å². The van der Waals surface area contributed by atoms with Crippen molar-refractivity contribution in [3.8, 4) is 0 Å². The van der Waals surface area contributed by atoms with Crippen LogP contribution in [0.1, 0.15) is 41.0 Å². The van der Waals surface area contributed by atoms with Gasteiger partial charge >= 0.3 is 0 Å². The first-order valence-corrected chi connectivity index (χ1v) is 8.77. The third-order valence-corrected chi connectivity index (χ3v) is 6.21. The van der Waals surface area contributed by atoms with Crippen LogP contribution >= 0.6 is 0 Å². The van der Waals surface area contributed by atoms with Gasteiger partial charge in [-0.15, -0.1) is 0 Å². The number of carboxylic acids is 1. The van der Waals surface area contributed by atoms with Gasteiger partial charge in [0.25, 0.3) is 0 Å². The SMILES string of the molecule is CC(C(=O)[O-])N1C(=O)C2C3c4ccccc4C(c4ccccc43)C2C1=O. The number of imide groups is 1. The fourth-order valence-corrected chi connectivity index (χ4v) is 5.19. The summed E-state index contributed by atoms with van der Waals surface area (Å²) in [5.74, 6) is -3.71. The molecule has 0 radical (unpaired) electrons. The van der Waals surface area contributed by atoms with Gasteiger partial charge in [0.2, 0.25) is 11.8 Å². The maximum absolute atomic E-state index is 13.1. The van der Waals surface area contributed by atoms with Crippen molar-refractivity contribution in [1.82, 2.24) is 4.90 Å². The summed E-state index contributed by atoms with van der Waals surface area (Å²) < 4.78 is 0. The van der Waals surface area contributed by atoms with E-state index in [-0.39, 0.29) is 11.8 Å². The zero-order valence-corrected chi connectivity index (χ0v) is 14.1. The van der Waals surface area contributed by atoms with Crippen molar-refractivity contribution in [1.29, 1.82) is 0 Å². The average Bonchev–Trinajstić information content (AvgIpc) is 2.92. The highest BCUT2D eigenvalue weighted by atomic mass is 16.4. The number of rotatable bonds is 2. The van der Waals surface area contributed by atoms with Gasteiger partial charge < -0.3 is 9.90 Å². The normalized spacial score (nSPS) is 29.2. The van der Waals surface area contributed by atoms with Gasteiger partial charge in [0.15, 0.2) is 0 Å². The quantitative estimate of drug-likeness (QED) is 0.761. The van der Waals surface area contributed by atoms with Crippen LogP contribution in [0.15, 0.2) is 48.5 Å². The maximum atomic E-state index is 13.1. The van der Waals surface area contributed by atoms with E-state index < -0.39 is 35.7 Å². The molecular weight excluding hydrogens is 330 g/mol. The second-order valence-electron chi connectivity index (χ2n) is 7.31. The predicted octanol–water partition coefficient (Wildman–Crippen LogP) is 1.02. The summed E-state index contributed by atoms with van der Waals surface area (Å²) in [6, 6.07) is 14.6. The highest BCUT2D eigenvalue weighted by Crippen LogP contribution is 2.61. The first-order chi connectivity index (χ1) is 12.5. The molecule has 5 nitrogen and oxygen atoms in total. The molecule has 6 rings (SSSR count). The van der Waals surface area contributed by atoms with Crippen molar-refractivity contribution in [3.63, 3.8) is 0 Å². The number of likely N-dealkylation sites (tertiary alicyclic amines) is 1. The van der Waals surface area contributed by atoms with Crippen LogP contribution in [0, 0.1) is 11.8 Å². The number of hydrogen-bond acceptors (Lipinski definition) is 4. The second-order valence-corrected chi connectivity index (χ2v) is 7.31. The van der Waals surface area contributed by atoms with Gasteiger partial charge in [-0.3, -0.25) is 14.5 Å². The van der Waals surface area contributed by atoms with Crippen molar-refractivity contribution >= 4 is 17.8 Å². The predicted molar refractivity (Wildman–Crippen MR) is 89.9 cm³/mol. The molecule has 1 aliphatic heterocycles. The summed E-state index contributed by atoms with van der Waals surface area (Å²) >= 11 is 0. The highest BCUT2D eigenvalue weighted by Gasteiger charge is 2.62. The molecule has 5 heteroatoms. The molecule has 2 bridgehead atoms. The Morgan fingerprint density at radius 1 is 0.846 bits per heavy atom. The first-order valence-electron chi connectivity index (χ1n) is 8.77. The van der Waals surface area contributed by atoms with E-state index in [1.54, 1.807) is 0 Å². The van der Waals surface area contributed by atoms with Crippen molar-refractivity contribution < 1.29 is 19.5 Å². The molecule has 2 aromatic carbocycles. The summed E-state index contributed by atoms with van der Waals surface area (Å²) in [6.07, 6.45) is 0. The van der Waals surface area contributed by atoms with E-state index >= 15 is 0 Å². The van der Waals surface area contributed by atoms with Gasteiger partial charge in [0, 0.05) is 11.8 Å². The van der Waals surface area contributed by atoms with E-state index in [1.165, 1.54) is 6.92 Å². The fourth-order valence-electron chi connectivity index (χ4n) is 5.19.